The minimum Gasteiger partial charge on any atom is -0.383 e. The summed E-state index contributed by atoms with van der Waals surface area (Å²) in [5.74, 6) is 1.36. The van der Waals surface area contributed by atoms with Gasteiger partial charge in [0.05, 0.1) is 12.1 Å². The molecule has 1 aromatic heterocycles. The van der Waals surface area contributed by atoms with Gasteiger partial charge in [0.1, 0.15) is 11.6 Å². The first-order valence-electron chi connectivity index (χ1n) is 8.88. The maximum Gasteiger partial charge on any atom is 0.145 e. The van der Waals surface area contributed by atoms with Gasteiger partial charge < -0.3 is 5.73 Å². The Morgan fingerprint density at radius 2 is 1.50 bits per heavy atom. The van der Waals surface area contributed by atoms with E-state index in [0.717, 1.165) is 61.0 Å². The molecule has 0 aliphatic carbocycles. The number of hydrogen-bond acceptors (Lipinski definition) is 5. The van der Waals surface area contributed by atoms with E-state index in [0.29, 0.717) is 5.82 Å². The second-order valence-electron chi connectivity index (χ2n) is 6.72. The van der Waals surface area contributed by atoms with Crippen molar-refractivity contribution in [2.24, 2.45) is 0 Å². The van der Waals surface area contributed by atoms with E-state index < -0.39 is 0 Å². The third-order valence-corrected chi connectivity index (χ3v) is 5.08. The highest BCUT2D eigenvalue weighted by Crippen LogP contribution is 2.18. The molecular formula is C20H22ClN5. The van der Waals surface area contributed by atoms with Gasteiger partial charge in [-0.3, -0.25) is 9.80 Å². The number of nitrogen functional groups attached to an aromatic ring is 1. The van der Waals surface area contributed by atoms with E-state index in [2.05, 4.69) is 31.9 Å². The Hall–Kier alpha value is -2.21. The molecule has 4 rings (SSSR count). The zero-order valence-electron chi connectivity index (χ0n) is 14.6. The Morgan fingerprint density at radius 3 is 2.23 bits per heavy atom. The first kappa shape index (κ1) is 17.2. The molecule has 3 aromatic rings. The van der Waals surface area contributed by atoms with E-state index in [9.17, 15) is 0 Å². The van der Waals surface area contributed by atoms with Gasteiger partial charge in [-0.1, -0.05) is 35.9 Å². The fraction of sp³-hybridized carbons (Fsp3) is 0.300. The van der Waals surface area contributed by atoms with Crippen molar-refractivity contribution in [1.29, 1.82) is 0 Å². The van der Waals surface area contributed by atoms with Crippen LogP contribution in [0.3, 0.4) is 0 Å². The predicted octanol–water partition coefficient (Wildman–Crippen LogP) is 3.18. The summed E-state index contributed by atoms with van der Waals surface area (Å²) in [5.41, 5.74) is 8.31. The maximum atomic E-state index is 6.09. The normalized spacial score (nSPS) is 16.2. The molecule has 0 spiro atoms. The van der Waals surface area contributed by atoms with Crippen molar-refractivity contribution in [1.82, 2.24) is 19.8 Å². The summed E-state index contributed by atoms with van der Waals surface area (Å²) >= 11 is 5.96. The molecule has 1 saturated heterocycles. The number of para-hydroxylation sites is 1. The molecule has 2 aromatic carbocycles. The smallest absolute Gasteiger partial charge is 0.145 e. The van der Waals surface area contributed by atoms with Gasteiger partial charge in [-0.2, -0.15) is 0 Å². The van der Waals surface area contributed by atoms with E-state index in [4.69, 9.17) is 17.3 Å². The van der Waals surface area contributed by atoms with Gasteiger partial charge in [0, 0.05) is 43.1 Å². The molecule has 0 unspecified atom stereocenters. The number of fused-ring (bicyclic) bond motifs is 1. The number of halogens is 1. The second kappa shape index (κ2) is 7.58. The van der Waals surface area contributed by atoms with E-state index in [-0.39, 0.29) is 0 Å². The molecule has 0 atom stereocenters. The SMILES string of the molecule is Nc1nc(CN2CCN(Cc3ccc(Cl)cc3)CC2)nc2ccccc12. The molecule has 1 aliphatic rings. The van der Waals surface area contributed by atoms with Crippen LogP contribution in [0.2, 0.25) is 5.02 Å². The molecule has 134 valence electrons. The van der Waals surface area contributed by atoms with Crippen molar-refractivity contribution in [2.75, 3.05) is 31.9 Å². The number of piperazine rings is 1. The van der Waals surface area contributed by atoms with Gasteiger partial charge in [0.2, 0.25) is 0 Å². The average Bonchev–Trinajstić information content (AvgIpc) is 2.65. The van der Waals surface area contributed by atoms with Crippen LogP contribution in [0, 0.1) is 0 Å². The van der Waals surface area contributed by atoms with Crippen molar-refractivity contribution in [3.05, 3.63) is 64.9 Å². The van der Waals surface area contributed by atoms with Crippen LogP contribution < -0.4 is 5.73 Å². The van der Waals surface area contributed by atoms with Crippen LogP contribution in [0.25, 0.3) is 10.9 Å². The lowest BCUT2D eigenvalue weighted by Crippen LogP contribution is -2.45. The van der Waals surface area contributed by atoms with Crippen LogP contribution in [0.4, 0.5) is 5.82 Å². The lowest BCUT2D eigenvalue weighted by atomic mass is 10.2. The largest absolute Gasteiger partial charge is 0.383 e. The number of rotatable bonds is 4. The molecule has 0 bridgehead atoms. The minimum absolute atomic E-state index is 0.562. The number of hydrogen-bond donors (Lipinski definition) is 1. The fourth-order valence-corrected chi connectivity index (χ4v) is 3.50. The summed E-state index contributed by atoms with van der Waals surface area (Å²) in [4.78, 5) is 14.0. The van der Waals surface area contributed by atoms with Gasteiger partial charge >= 0.3 is 0 Å². The van der Waals surface area contributed by atoms with Crippen molar-refractivity contribution in [2.45, 2.75) is 13.1 Å². The van der Waals surface area contributed by atoms with Gasteiger partial charge in [0.25, 0.3) is 0 Å². The summed E-state index contributed by atoms with van der Waals surface area (Å²) < 4.78 is 0. The molecule has 0 amide bonds. The van der Waals surface area contributed by atoms with Crippen LogP contribution in [0.5, 0.6) is 0 Å². The van der Waals surface area contributed by atoms with Crippen molar-refractivity contribution in [3.8, 4) is 0 Å². The van der Waals surface area contributed by atoms with Gasteiger partial charge in [-0.05, 0) is 29.8 Å². The first-order chi connectivity index (χ1) is 12.7. The first-order valence-corrected chi connectivity index (χ1v) is 9.25. The van der Waals surface area contributed by atoms with Gasteiger partial charge in [-0.15, -0.1) is 0 Å². The van der Waals surface area contributed by atoms with E-state index >= 15 is 0 Å². The number of aromatic nitrogens is 2. The third kappa shape index (κ3) is 3.96. The highest BCUT2D eigenvalue weighted by atomic mass is 35.5. The lowest BCUT2D eigenvalue weighted by molar-refractivity contribution is 0.120. The summed E-state index contributed by atoms with van der Waals surface area (Å²) in [5, 5.41) is 1.71. The number of benzene rings is 2. The van der Waals surface area contributed by atoms with Crippen LogP contribution in [0.15, 0.2) is 48.5 Å². The van der Waals surface area contributed by atoms with Crippen molar-refractivity contribution >= 4 is 28.3 Å². The molecule has 1 fully saturated rings. The fourth-order valence-electron chi connectivity index (χ4n) is 3.38. The van der Waals surface area contributed by atoms with Gasteiger partial charge in [0.15, 0.2) is 0 Å². The molecule has 2 N–H and O–H groups in total. The highest BCUT2D eigenvalue weighted by Gasteiger charge is 2.18. The maximum absolute atomic E-state index is 6.09. The lowest BCUT2D eigenvalue weighted by Gasteiger charge is -2.34. The Bertz CT molecular complexity index is 888. The van der Waals surface area contributed by atoms with E-state index in [1.807, 2.05) is 36.4 Å². The van der Waals surface area contributed by atoms with Crippen molar-refractivity contribution in [3.63, 3.8) is 0 Å². The number of nitrogens with zero attached hydrogens (tertiary/aromatic N) is 4. The summed E-state index contributed by atoms with van der Waals surface area (Å²) in [6.07, 6.45) is 0. The topological polar surface area (TPSA) is 58.3 Å². The summed E-state index contributed by atoms with van der Waals surface area (Å²) in [6.45, 7) is 5.78. The van der Waals surface area contributed by atoms with Crippen molar-refractivity contribution < 1.29 is 0 Å². The zero-order chi connectivity index (χ0) is 17.9. The van der Waals surface area contributed by atoms with E-state index in [1.165, 1.54) is 5.56 Å². The molecule has 2 heterocycles. The van der Waals surface area contributed by atoms with Crippen LogP contribution >= 0.6 is 11.6 Å². The van der Waals surface area contributed by atoms with Crippen LogP contribution in [0.1, 0.15) is 11.4 Å². The minimum atomic E-state index is 0.562. The second-order valence-corrected chi connectivity index (χ2v) is 7.16. The van der Waals surface area contributed by atoms with Crippen LogP contribution in [-0.2, 0) is 13.1 Å². The Labute approximate surface area is 158 Å². The molecular weight excluding hydrogens is 346 g/mol. The molecule has 6 heteroatoms. The molecule has 0 radical (unpaired) electrons. The molecule has 5 nitrogen and oxygen atoms in total. The quantitative estimate of drug-likeness (QED) is 0.767. The van der Waals surface area contributed by atoms with Crippen LogP contribution in [-0.4, -0.2) is 45.9 Å². The van der Waals surface area contributed by atoms with E-state index in [1.54, 1.807) is 0 Å². The zero-order valence-corrected chi connectivity index (χ0v) is 15.4. The summed E-state index contributed by atoms with van der Waals surface area (Å²) in [7, 11) is 0. The molecule has 1 aliphatic heterocycles. The Kier molecular flexibility index (Phi) is 5.02. The molecule has 0 saturated carbocycles. The standard InChI is InChI=1S/C20H22ClN5/c21-16-7-5-15(6-8-16)13-25-9-11-26(12-10-25)14-19-23-18-4-2-1-3-17(18)20(22)24-19/h1-8H,9-14H2,(H2,22,23,24). The Morgan fingerprint density at radius 1 is 0.846 bits per heavy atom. The monoisotopic (exact) mass is 367 g/mol. The van der Waals surface area contributed by atoms with Gasteiger partial charge in [-0.25, -0.2) is 9.97 Å². The number of nitrogens with two attached hydrogens (primary N) is 1. The summed E-state index contributed by atoms with van der Waals surface area (Å²) in [6, 6.07) is 16.0. The third-order valence-electron chi connectivity index (χ3n) is 4.83. The highest BCUT2D eigenvalue weighted by molar-refractivity contribution is 6.30. The predicted molar refractivity (Wildman–Crippen MR) is 106 cm³/mol. The Balaban J connectivity index is 1.36. The molecule has 26 heavy (non-hydrogen) atoms. The number of anilines is 1. The average molecular weight is 368 g/mol.